The van der Waals surface area contributed by atoms with E-state index in [0.717, 1.165) is 0 Å². The van der Waals surface area contributed by atoms with Gasteiger partial charge in [-0.15, -0.1) is 0 Å². The summed E-state index contributed by atoms with van der Waals surface area (Å²) in [5.74, 6) is 3.13. The fourth-order valence-corrected chi connectivity index (χ4v) is 53.8. The van der Waals surface area contributed by atoms with E-state index < -0.39 is 85.6 Å². The quantitative estimate of drug-likeness (QED) is 0.0450. The molecule has 0 spiro atoms. The van der Waals surface area contributed by atoms with E-state index in [1.807, 2.05) is 0 Å². The Balaban J connectivity index is 4.88. The monoisotopic (exact) mass is 1040 g/mol. The molecule has 0 unspecified atom stereocenters. The molecule has 55 heavy (non-hydrogen) atoms. The molecule has 1 aliphatic heterocycles. The predicted octanol–water partition coefficient (Wildman–Crippen LogP) is 10.6. The maximum Gasteiger partial charge on any atom is 0.475 e. The average molecular weight is 1040 g/mol. The second kappa shape index (κ2) is 23.4. The number of hydrogen-bond acceptors (Lipinski definition) is 15. The molecule has 1 saturated heterocycles. The van der Waals surface area contributed by atoms with Crippen molar-refractivity contribution >= 4 is 149 Å². The van der Waals surface area contributed by atoms with Crippen molar-refractivity contribution in [1.82, 2.24) is 0 Å². The molecule has 0 aromatic heterocycles. The predicted molar refractivity (Wildman–Crippen MR) is 273 cm³/mol. The molecule has 330 valence electrons. The highest BCUT2D eigenvalue weighted by atomic mass is 32.1. The van der Waals surface area contributed by atoms with Gasteiger partial charge >= 0.3 is 44.0 Å². The van der Waals surface area contributed by atoms with Crippen molar-refractivity contribution in [2.24, 2.45) is 0 Å². The van der Waals surface area contributed by atoms with Crippen LogP contribution < -0.4 is 0 Å². The summed E-state index contributed by atoms with van der Waals surface area (Å²) in [6, 6.07) is 2.52. The molecule has 1 fully saturated rings. The van der Waals surface area contributed by atoms with Crippen LogP contribution in [0, 0.1) is 0 Å². The lowest BCUT2D eigenvalue weighted by molar-refractivity contribution is 0.0780. The van der Waals surface area contributed by atoms with E-state index in [0.29, 0.717) is 91.1 Å². The lowest BCUT2D eigenvalue weighted by Gasteiger charge is -2.54. The standard InChI is InChI=1S/C30H80O10S5Si10/c1-46(2,3)31-51(26-16-21-41)36-52(27-17-22-42,32-47(4,5)6)38-54(29-19-24-44,34-49(10,11)12)40-55(30-20-25-45,35-50(13,14)15)39-53(37-51,28-18-23-43)33-48(7,8)9/h41-45H,16-30H2,1-15H3. The molecule has 0 aromatic rings. The Kier molecular flexibility index (Phi) is 24.1. The van der Waals surface area contributed by atoms with Gasteiger partial charge in [0.05, 0.1) is 0 Å². The summed E-state index contributed by atoms with van der Waals surface area (Å²) in [5.41, 5.74) is 0. The van der Waals surface area contributed by atoms with Gasteiger partial charge in [-0.1, -0.05) is 0 Å². The molecule has 0 aliphatic carbocycles. The molecule has 0 bridgehead atoms. The zero-order valence-electron chi connectivity index (χ0n) is 36.9. The van der Waals surface area contributed by atoms with Crippen LogP contribution in [0.2, 0.25) is 128 Å². The summed E-state index contributed by atoms with van der Waals surface area (Å²) in [6.07, 6.45) is 3.50. The van der Waals surface area contributed by atoms with Gasteiger partial charge in [0.15, 0.2) is 41.6 Å². The van der Waals surface area contributed by atoms with Crippen LogP contribution in [0.25, 0.3) is 0 Å². The SMILES string of the molecule is C[Si](C)(C)O[Si]1(CCCS)O[Si](CCCS)(O[Si](C)(C)C)O[Si](CCCS)(O[Si](C)(C)C)O[Si](CCCS)(O[Si](C)(C)C)O[Si](CCCS)(O[Si](C)(C)C)O1. The topological polar surface area (TPSA) is 92.3 Å². The summed E-state index contributed by atoms with van der Waals surface area (Å²) >= 11 is 23.6. The van der Waals surface area contributed by atoms with Crippen molar-refractivity contribution in [3.8, 4) is 0 Å². The third-order valence-corrected chi connectivity index (χ3v) is 44.4. The molecule has 0 N–H and O–H groups in total. The Hall–Kier alpha value is 3.52. The van der Waals surface area contributed by atoms with Gasteiger partial charge in [-0.05, 0) is 159 Å². The van der Waals surface area contributed by atoms with Gasteiger partial charge in [-0.2, -0.15) is 63.1 Å². The first-order valence-corrected chi connectivity index (χ1v) is 49.8. The van der Waals surface area contributed by atoms with E-state index in [-0.39, 0.29) is 0 Å². The van der Waals surface area contributed by atoms with Crippen molar-refractivity contribution in [3.63, 3.8) is 0 Å². The molecule has 0 saturated carbocycles. The van der Waals surface area contributed by atoms with E-state index in [2.05, 4.69) is 98.2 Å². The van der Waals surface area contributed by atoms with Crippen molar-refractivity contribution < 1.29 is 41.2 Å². The molecular formula is C30H80O10S5Si10. The minimum Gasteiger partial charge on any atom is -0.417 e. The second-order valence-corrected chi connectivity index (χ2v) is 60.0. The van der Waals surface area contributed by atoms with Gasteiger partial charge in [-0.25, -0.2) is 0 Å². The van der Waals surface area contributed by atoms with Crippen LogP contribution >= 0.6 is 63.1 Å². The Labute approximate surface area is 376 Å². The first-order chi connectivity index (χ1) is 24.9. The number of thiol groups is 5. The van der Waals surface area contributed by atoms with E-state index in [9.17, 15) is 0 Å². The maximum absolute atomic E-state index is 7.81. The van der Waals surface area contributed by atoms with Gasteiger partial charge in [0.2, 0.25) is 0 Å². The molecule has 0 radical (unpaired) electrons. The lowest BCUT2D eigenvalue weighted by Crippen LogP contribution is -2.76. The number of hydrogen-bond donors (Lipinski definition) is 5. The second-order valence-electron chi connectivity index (χ2n) is 19.1. The Bertz CT molecular complexity index is 917. The van der Waals surface area contributed by atoms with Gasteiger partial charge in [-0.3, -0.25) is 0 Å². The van der Waals surface area contributed by atoms with Crippen LogP contribution in [0.3, 0.4) is 0 Å². The first-order valence-electron chi connectivity index (χ1n) is 19.9. The van der Waals surface area contributed by atoms with Crippen LogP contribution in [0.5, 0.6) is 0 Å². The summed E-state index contributed by atoms with van der Waals surface area (Å²) in [5, 5.41) is 0. The third kappa shape index (κ3) is 22.6. The highest BCUT2D eigenvalue weighted by Crippen LogP contribution is 2.44. The fourth-order valence-electron chi connectivity index (χ4n) is 6.07. The van der Waals surface area contributed by atoms with E-state index >= 15 is 0 Å². The summed E-state index contributed by atoms with van der Waals surface area (Å²) < 4.78 is 76.3. The van der Waals surface area contributed by atoms with Crippen LogP contribution in [0.1, 0.15) is 32.1 Å². The molecule has 25 heteroatoms. The van der Waals surface area contributed by atoms with E-state index in [1.54, 1.807) is 0 Å². The van der Waals surface area contributed by atoms with Crippen LogP contribution in [0.4, 0.5) is 0 Å². The summed E-state index contributed by atoms with van der Waals surface area (Å²) in [6.45, 7) is 32.8. The van der Waals surface area contributed by atoms with E-state index in [4.69, 9.17) is 104 Å². The molecule has 0 aromatic carbocycles. The van der Waals surface area contributed by atoms with E-state index in [1.165, 1.54) is 0 Å². The van der Waals surface area contributed by atoms with Crippen LogP contribution in [0.15, 0.2) is 0 Å². The normalized spacial score (nSPS) is 29.5. The average Bonchev–Trinajstić information content (AvgIpc) is 2.95. The first kappa shape index (κ1) is 56.5. The zero-order chi connectivity index (χ0) is 42.7. The Morgan fingerprint density at radius 3 is 0.509 bits per heavy atom. The molecule has 1 heterocycles. The van der Waals surface area contributed by atoms with Gasteiger partial charge < -0.3 is 41.2 Å². The third-order valence-electron chi connectivity index (χ3n) is 7.07. The van der Waals surface area contributed by atoms with Crippen LogP contribution in [-0.4, -0.2) is 114 Å². The molecule has 1 rings (SSSR count). The van der Waals surface area contributed by atoms with Crippen molar-refractivity contribution in [2.45, 2.75) is 161 Å². The highest BCUT2D eigenvalue weighted by Gasteiger charge is 2.69. The summed E-state index contributed by atoms with van der Waals surface area (Å²) in [4.78, 5) is 0. The van der Waals surface area contributed by atoms with Crippen molar-refractivity contribution in [3.05, 3.63) is 0 Å². The van der Waals surface area contributed by atoms with Crippen molar-refractivity contribution in [2.75, 3.05) is 28.8 Å². The van der Waals surface area contributed by atoms with Gasteiger partial charge in [0, 0.05) is 30.2 Å². The Morgan fingerprint density at radius 2 is 0.418 bits per heavy atom. The largest absolute Gasteiger partial charge is 0.475 e. The number of rotatable bonds is 25. The highest BCUT2D eigenvalue weighted by molar-refractivity contribution is 7.80. The minimum absolute atomic E-state index is 0.504. The summed E-state index contributed by atoms with van der Waals surface area (Å²) in [7, 11) is -31.3. The smallest absolute Gasteiger partial charge is 0.417 e. The van der Waals surface area contributed by atoms with Gasteiger partial charge in [0.25, 0.3) is 0 Å². The molecule has 0 amide bonds. The Morgan fingerprint density at radius 1 is 0.291 bits per heavy atom. The van der Waals surface area contributed by atoms with Gasteiger partial charge in [0.1, 0.15) is 0 Å². The van der Waals surface area contributed by atoms with Crippen LogP contribution in [-0.2, 0) is 41.2 Å². The molecule has 1 aliphatic rings. The van der Waals surface area contributed by atoms with Crippen molar-refractivity contribution in [1.29, 1.82) is 0 Å². The minimum atomic E-state index is -3.85. The maximum atomic E-state index is 7.81. The molecule has 10 nitrogen and oxygen atoms in total. The molecule has 0 atom stereocenters. The zero-order valence-corrected chi connectivity index (χ0v) is 51.4. The molecular weight excluding hydrogens is 962 g/mol. The fraction of sp³-hybridized carbons (Fsp3) is 1.00. The lowest BCUT2D eigenvalue weighted by atomic mass is 10.6.